The highest BCUT2D eigenvalue weighted by atomic mass is 16.6. The van der Waals surface area contributed by atoms with E-state index in [9.17, 15) is 19.7 Å². The number of nitro benzene ring substituents is 1. The molecule has 0 aliphatic carbocycles. The number of ether oxygens (including phenoxy) is 1. The van der Waals surface area contributed by atoms with Gasteiger partial charge in [-0.1, -0.05) is 31.5 Å². The molecule has 3 aromatic rings. The molecule has 0 unspecified atom stereocenters. The average molecular weight is 477 g/mol. The number of anilines is 2. The molecule has 0 saturated carbocycles. The van der Waals surface area contributed by atoms with E-state index in [1.807, 2.05) is 37.3 Å². The van der Waals surface area contributed by atoms with Crippen LogP contribution in [0.25, 0.3) is 0 Å². The summed E-state index contributed by atoms with van der Waals surface area (Å²) in [5, 5.41) is 16.5. The molecule has 0 spiro atoms. The summed E-state index contributed by atoms with van der Waals surface area (Å²) in [4.78, 5) is 36.9. The van der Waals surface area contributed by atoms with Crippen LogP contribution in [0.5, 0.6) is 11.5 Å². The molecule has 3 amide bonds. The lowest BCUT2D eigenvalue weighted by Gasteiger charge is -2.24. The molecule has 9 heteroatoms. The molecule has 0 aromatic heterocycles. The molecule has 35 heavy (non-hydrogen) atoms. The van der Waals surface area contributed by atoms with E-state index >= 15 is 0 Å². The fraction of sp³-hybridized carbons (Fsp3) is 0.231. The number of urea groups is 1. The van der Waals surface area contributed by atoms with Crippen LogP contribution in [0.1, 0.15) is 26.2 Å². The van der Waals surface area contributed by atoms with E-state index in [-0.39, 0.29) is 24.7 Å². The standard InChI is InChI=1S/C26H28N4O5/c1-2-3-9-25(31)27-18-19-29(26(32)28-20-10-12-22(13-11-20)30(33)34)21-14-16-24(17-15-21)35-23-7-5-4-6-8-23/h4-8,10-17H,2-3,9,18-19H2,1H3,(H,27,31)(H,28,32). The van der Waals surface area contributed by atoms with E-state index in [0.29, 0.717) is 29.3 Å². The monoisotopic (exact) mass is 476 g/mol. The normalized spacial score (nSPS) is 10.3. The zero-order valence-electron chi connectivity index (χ0n) is 19.5. The molecule has 0 aliphatic heterocycles. The van der Waals surface area contributed by atoms with Gasteiger partial charge < -0.3 is 15.4 Å². The first kappa shape index (κ1) is 25.2. The summed E-state index contributed by atoms with van der Waals surface area (Å²) in [5.74, 6) is 1.25. The number of amides is 3. The molecular formula is C26H28N4O5. The highest BCUT2D eigenvalue weighted by Crippen LogP contribution is 2.25. The van der Waals surface area contributed by atoms with Crippen LogP contribution in [0.2, 0.25) is 0 Å². The van der Waals surface area contributed by atoms with Gasteiger partial charge in [-0.05, 0) is 55.0 Å². The summed E-state index contributed by atoms with van der Waals surface area (Å²) in [6.45, 7) is 2.52. The highest BCUT2D eigenvalue weighted by Gasteiger charge is 2.17. The number of benzene rings is 3. The van der Waals surface area contributed by atoms with Gasteiger partial charge in [-0.25, -0.2) is 4.79 Å². The molecule has 3 aromatic carbocycles. The minimum absolute atomic E-state index is 0.0609. The third-order valence-corrected chi connectivity index (χ3v) is 5.12. The molecule has 9 nitrogen and oxygen atoms in total. The van der Waals surface area contributed by atoms with E-state index in [4.69, 9.17) is 4.74 Å². The van der Waals surface area contributed by atoms with Crippen molar-refractivity contribution in [3.05, 3.63) is 89.0 Å². The maximum atomic E-state index is 13.1. The maximum Gasteiger partial charge on any atom is 0.326 e. The third kappa shape index (κ3) is 7.85. The summed E-state index contributed by atoms with van der Waals surface area (Å²) in [7, 11) is 0. The van der Waals surface area contributed by atoms with Crippen molar-refractivity contribution in [3.8, 4) is 11.5 Å². The first-order valence-corrected chi connectivity index (χ1v) is 11.4. The number of hydrogen-bond acceptors (Lipinski definition) is 5. The third-order valence-electron chi connectivity index (χ3n) is 5.12. The van der Waals surface area contributed by atoms with Gasteiger partial charge in [0.2, 0.25) is 5.91 Å². The van der Waals surface area contributed by atoms with Gasteiger partial charge in [0.1, 0.15) is 11.5 Å². The van der Waals surface area contributed by atoms with E-state index < -0.39 is 11.0 Å². The van der Waals surface area contributed by atoms with Gasteiger partial charge >= 0.3 is 6.03 Å². The van der Waals surface area contributed by atoms with Crippen molar-refractivity contribution >= 4 is 29.0 Å². The summed E-state index contributed by atoms with van der Waals surface area (Å²) < 4.78 is 5.82. The SMILES string of the molecule is CCCCC(=O)NCCN(C(=O)Nc1ccc([N+](=O)[O-])cc1)c1ccc(Oc2ccccc2)cc1. The van der Waals surface area contributed by atoms with Crippen molar-refractivity contribution in [2.24, 2.45) is 0 Å². The van der Waals surface area contributed by atoms with Gasteiger partial charge in [0.15, 0.2) is 0 Å². The topological polar surface area (TPSA) is 114 Å². The molecule has 3 rings (SSSR count). The summed E-state index contributed by atoms with van der Waals surface area (Å²) >= 11 is 0. The summed E-state index contributed by atoms with van der Waals surface area (Å²) in [6.07, 6.45) is 2.17. The first-order valence-electron chi connectivity index (χ1n) is 11.4. The van der Waals surface area contributed by atoms with Gasteiger partial charge in [-0.2, -0.15) is 0 Å². The van der Waals surface area contributed by atoms with E-state index in [0.717, 1.165) is 12.8 Å². The number of carbonyl (C=O) groups excluding carboxylic acids is 2. The van der Waals surface area contributed by atoms with Crippen LogP contribution < -0.4 is 20.3 Å². The van der Waals surface area contributed by atoms with Crippen LogP contribution in [-0.2, 0) is 4.79 Å². The average Bonchev–Trinajstić information content (AvgIpc) is 2.87. The lowest BCUT2D eigenvalue weighted by molar-refractivity contribution is -0.384. The van der Waals surface area contributed by atoms with E-state index in [1.54, 1.807) is 24.3 Å². The van der Waals surface area contributed by atoms with Crippen LogP contribution >= 0.6 is 0 Å². The Kier molecular flexibility index (Phi) is 9.18. The number of unbranched alkanes of at least 4 members (excludes halogenated alkanes) is 1. The molecule has 0 radical (unpaired) electrons. The second-order valence-corrected chi connectivity index (χ2v) is 7.75. The fourth-order valence-corrected chi connectivity index (χ4v) is 3.26. The number of para-hydroxylation sites is 1. The van der Waals surface area contributed by atoms with Crippen LogP contribution in [0.3, 0.4) is 0 Å². The van der Waals surface area contributed by atoms with Gasteiger partial charge in [0, 0.05) is 43.0 Å². The minimum Gasteiger partial charge on any atom is -0.457 e. The van der Waals surface area contributed by atoms with Gasteiger partial charge in [0.05, 0.1) is 4.92 Å². The lowest BCUT2D eigenvalue weighted by Crippen LogP contribution is -2.41. The van der Waals surface area contributed by atoms with Crippen molar-refractivity contribution in [1.29, 1.82) is 0 Å². The Morgan fingerprint density at radius 3 is 2.23 bits per heavy atom. The smallest absolute Gasteiger partial charge is 0.326 e. The Balaban J connectivity index is 1.71. The van der Waals surface area contributed by atoms with Gasteiger partial charge in [-0.3, -0.25) is 19.8 Å². The van der Waals surface area contributed by atoms with Gasteiger partial charge in [-0.15, -0.1) is 0 Å². The quantitative estimate of drug-likeness (QED) is 0.271. The molecular weight excluding hydrogens is 448 g/mol. The number of carbonyl (C=O) groups is 2. The van der Waals surface area contributed by atoms with Crippen LogP contribution in [-0.4, -0.2) is 30.0 Å². The zero-order chi connectivity index (χ0) is 25.0. The molecule has 0 heterocycles. The van der Waals surface area contributed by atoms with Gasteiger partial charge in [0.25, 0.3) is 5.69 Å². The lowest BCUT2D eigenvalue weighted by atomic mass is 10.2. The Morgan fingerprint density at radius 2 is 1.60 bits per heavy atom. The Bertz CT molecular complexity index is 1120. The van der Waals surface area contributed by atoms with Crippen LogP contribution in [0.4, 0.5) is 21.9 Å². The number of nitrogens with zero attached hydrogens (tertiary/aromatic N) is 2. The molecule has 0 atom stereocenters. The second-order valence-electron chi connectivity index (χ2n) is 7.75. The van der Waals surface area contributed by atoms with Crippen molar-refractivity contribution in [3.63, 3.8) is 0 Å². The number of rotatable bonds is 11. The van der Waals surface area contributed by atoms with Crippen molar-refractivity contribution < 1.29 is 19.2 Å². The van der Waals surface area contributed by atoms with Crippen LogP contribution in [0.15, 0.2) is 78.9 Å². The van der Waals surface area contributed by atoms with Crippen molar-refractivity contribution in [2.45, 2.75) is 26.2 Å². The maximum absolute atomic E-state index is 13.1. The van der Waals surface area contributed by atoms with E-state index in [1.165, 1.54) is 29.2 Å². The number of nitro groups is 1. The fourth-order valence-electron chi connectivity index (χ4n) is 3.26. The zero-order valence-corrected chi connectivity index (χ0v) is 19.5. The Labute approximate surface area is 203 Å². The molecule has 2 N–H and O–H groups in total. The predicted molar refractivity (Wildman–Crippen MR) is 135 cm³/mol. The van der Waals surface area contributed by atoms with Crippen LogP contribution in [0, 0.1) is 10.1 Å². The summed E-state index contributed by atoms with van der Waals surface area (Å²) in [5.41, 5.74) is 0.956. The van der Waals surface area contributed by atoms with Crippen molar-refractivity contribution in [1.82, 2.24) is 5.32 Å². The first-order chi connectivity index (χ1) is 17.0. The largest absolute Gasteiger partial charge is 0.457 e. The second kappa shape index (κ2) is 12.7. The molecule has 0 saturated heterocycles. The Morgan fingerprint density at radius 1 is 0.943 bits per heavy atom. The number of nitrogens with one attached hydrogen (secondary N) is 2. The van der Waals surface area contributed by atoms with E-state index in [2.05, 4.69) is 10.6 Å². The summed E-state index contributed by atoms with van der Waals surface area (Å²) in [6, 6.07) is 21.5. The van der Waals surface area contributed by atoms with Crippen molar-refractivity contribution in [2.75, 3.05) is 23.3 Å². The predicted octanol–water partition coefficient (Wildman–Crippen LogP) is 5.73. The molecule has 182 valence electrons. The number of hydrogen-bond donors (Lipinski definition) is 2. The minimum atomic E-state index is -0.502. The molecule has 0 bridgehead atoms. The molecule has 0 aliphatic rings. The molecule has 0 fully saturated rings. The highest BCUT2D eigenvalue weighted by molar-refractivity contribution is 6.01. The number of non-ortho nitro benzene ring substituents is 1. The Hall–Kier alpha value is -4.40.